The summed E-state index contributed by atoms with van der Waals surface area (Å²) in [5, 5.41) is 13.7. The largest absolute Gasteiger partial charge is 0.508 e. The van der Waals surface area contributed by atoms with E-state index in [-0.39, 0.29) is 18.3 Å². The van der Waals surface area contributed by atoms with Crippen LogP contribution in [0.3, 0.4) is 0 Å². The lowest BCUT2D eigenvalue weighted by atomic mass is 10.2. The number of amides is 1. The molecule has 6 heteroatoms. The summed E-state index contributed by atoms with van der Waals surface area (Å²) in [6, 6.07) is 11.7. The van der Waals surface area contributed by atoms with Crippen LogP contribution in [-0.2, 0) is 4.79 Å². The van der Waals surface area contributed by atoms with E-state index in [9.17, 15) is 9.90 Å². The van der Waals surface area contributed by atoms with Crippen LogP contribution in [0.25, 0.3) is 0 Å². The van der Waals surface area contributed by atoms with Crippen molar-refractivity contribution in [3.63, 3.8) is 0 Å². The van der Waals surface area contributed by atoms with Gasteiger partial charge in [-0.05, 0) is 48.4 Å². The number of benzene rings is 2. The Morgan fingerprint density at radius 2 is 2.18 bits per heavy atom. The van der Waals surface area contributed by atoms with Gasteiger partial charge in [-0.2, -0.15) is 5.10 Å². The van der Waals surface area contributed by atoms with Crippen LogP contribution in [0.5, 0.6) is 11.5 Å². The van der Waals surface area contributed by atoms with Crippen LogP contribution in [-0.4, -0.2) is 23.8 Å². The van der Waals surface area contributed by atoms with Gasteiger partial charge >= 0.3 is 0 Å². The number of nitrogens with zero attached hydrogens (tertiary/aromatic N) is 1. The molecule has 0 aliphatic heterocycles. The number of phenols is 1. The third-order valence-electron chi connectivity index (χ3n) is 2.77. The van der Waals surface area contributed by atoms with E-state index in [4.69, 9.17) is 16.3 Å². The maximum Gasteiger partial charge on any atom is 0.277 e. The molecule has 5 nitrogen and oxygen atoms in total. The lowest BCUT2D eigenvalue weighted by molar-refractivity contribution is -0.123. The fourth-order valence-corrected chi connectivity index (χ4v) is 1.79. The number of hydrazone groups is 1. The highest BCUT2D eigenvalue weighted by atomic mass is 35.5. The molecule has 0 heterocycles. The van der Waals surface area contributed by atoms with Crippen LogP contribution in [0, 0.1) is 6.92 Å². The number of halogens is 1. The molecule has 0 spiro atoms. The summed E-state index contributed by atoms with van der Waals surface area (Å²) >= 11 is 5.91. The van der Waals surface area contributed by atoms with Gasteiger partial charge in [0.05, 0.1) is 6.21 Å². The highest BCUT2D eigenvalue weighted by Crippen LogP contribution is 2.20. The van der Waals surface area contributed by atoms with Crippen LogP contribution in [0.15, 0.2) is 47.6 Å². The summed E-state index contributed by atoms with van der Waals surface area (Å²) in [4.78, 5) is 11.6. The molecule has 1 amide bonds. The minimum atomic E-state index is -0.385. The number of carbonyl (C=O) groups excluding carboxylic acids is 1. The van der Waals surface area contributed by atoms with Crippen molar-refractivity contribution < 1.29 is 14.6 Å². The number of ether oxygens (including phenoxy) is 1. The zero-order chi connectivity index (χ0) is 15.9. The number of carbonyl (C=O) groups is 1. The van der Waals surface area contributed by atoms with E-state index in [0.29, 0.717) is 16.3 Å². The first-order valence-electron chi connectivity index (χ1n) is 6.54. The predicted molar refractivity (Wildman–Crippen MR) is 85.5 cm³/mol. The average molecular weight is 319 g/mol. The molecule has 0 saturated carbocycles. The third-order valence-corrected chi connectivity index (χ3v) is 3.20. The molecule has 0 atom stereocenters. The Morgan fingerprint density at radius 1 is 1.36 bits per heavy atom. The molecule has 114 valence electrons. The lowest BCUT2D eigenvalue weighted by Gasteiger charge is -2.06. The normalized spacial score (nSPS) is 10.6. The summed E-state index contributed by atoms with van der Waals surface area (Å²) in [6.45, 7) is 1.70. The molecule has 2 rings (SSSR count). The van der Waals surface area contributed by atoms with Crippen molar-refractivity contribution in [3.8, 4) is 11.5 Å². The third kappa shape index (κ3) is 4.79. The summed E-state index contributed by atoms with van der Waals surface area (Å²) in [5.41, 5.74) is 3.90. The van der Waals surface area contributed by atoms with E-state index in [1.165, 1.54) is 12.3 Å². The molecule has 2 N–H and O–H groups in total. The topological polar surface area (TPSA) is 70.9 Å². The molecule has 0 aliphatic rings. The van der Waals surface area contributed by atoms with Crippen molar-refractivity contribution >= 4 is 23.7 Å². The number of nitrogens with one attached hydrogen (secondary N) is 1. The van der Waals surface area contributed by atoms with E-state index < -0.39 is 0 Å². The van der Waals surface area contributed by atoms with Crippen molar-refractivity contribution in [2.45, 2.75) is 6.92 Å². The molecule has 22 heavy (non-hydrogen) atoms. The van der Waals surface area contributed by atoms with E-state index in [2.05, 4.69) is 10.5 Å². The predicted octanol–water partition coefficient (Wildman–Crippen LogP) is 2.88. The fraction of sp³-hybridized carbons (Fsp3) is 0.125. The van der Waals surface area contributed by atoms with E-state index >= 15 is 0 Å². The Labute approximate surface area is 133 Å². The maximum absolute atomic E-state index is 11.6. The molecule has 0 unspecified atom stereocenters. The van der Waals surface area contributed by atoms with Crippen LogP contribution in [0.2, 0.25) is 5.02 Å². The molecule has 2 aromatic rings. The quantitative estimate of drug-likeness (QED) is 0.658. The number of aryl methyl sites for hydroxylation is 1. The molecule has 0 radical (unpaired) electrons. The smallest absolute Gasteiger partial charge is 0.277 e. The highest BCUT2D eigenvalue weighted by Gasteiger charge is 2.03. The summed E-state index contributed by atoms with van der Waals surface area (Å²) < 4.78 is 5.34. The molecule has 0 fully saturated rings. The van der Waals surface area contributed by atoms with Gasteiger partial charge in [0, 0.05) is 5.02 Å². The van der Waals surface area contributed by atoms with Gasteiger partial charge in [-0.1, -0.05) is 23.7 Å². The second-order valence-corrected chi connectivity index (χ2v) is 5.00. The van der Waals surface area contributed by atoms with Gasteiger partial charge in [-0.15, -0.1) is 0 Å². The van der Waals surface area contributed by atoms with Gasteiger partial charge in [0.15, 0.2) is 6.61 Å². The molecule has 0 aromatic heterocycles. The standard InChI is InChI=1S/C16H15ClN2O3/c1-11-7-14(5-6-15(11)17)22-10-16(21)19-18-9-12-3-2-4-13(20)8-12/h2-9,20H,10H2,1H3,(H,19,21)/b18-9+. The highest BCUT2D eigenvalue weighted by molar-refractivity contribution is 6.31. The minimum Gasteiger partial charge on any atom is -0.508 e. The molecule has 0 bridgehead atoms. The van der Waals surface area contributed by atoms with Gasteiger partial charge in [0.1, 0.15) is 11.5 Å². The zero-order valence-corrected chi connectivity index (χ0v) is 12.7. The molecular weight excluding hydrogens is 304 g/mol. The van der Waals surface area contributed by atoms with Gasteiger partial charge in [0.2, 0.25) is 0 Å². The van der Waals surface area contributed by atoms with E-state index in [0.717, 1.165) is 5.56 Å². The Bertz CT molecular complexity index is 702. The Kier molecular flexibility index (Phi) is 5.38. The number of hydrogen-bond acceptors (Lipinski definition) is 4. The Balaban J connectivity index is 1.81. The van der Waals surface area contributed by atoms with E-state index in [1.54, 1.807) is 36.4 Å². The summed E-state index contributed by atoms with van der Waals surface area (Å²) in [7, 11) is 0. The zero-order valence-electron chi connectivity index (χ0n) is 11.9. The number of hydrogen-bond donors (Lipinski definition) is 2. The van der Waals surface area contributed by atoms with Crippen molar-refractivity contribution in [2.24, 2.45) is 5.10 Å². The second-order valence-electron chi connectivity index (χ2n) is 4.59. The molecule has 0 saturated heterocycles. The van der Waals surface area contributed by atoms with Crippen LogP contribution < -0.4 is 10.2 Å². The molecule has 2 aromatic carbocycles. The number of aromatic hydroxyl groups is 1. The number of rotatable bonds is 5. The second kappa shape index (κ2) is 7.47. The van der Waals surface area contributed by atoms with Gasteiger partial charge in [-0.3, -0.25) is 4.79 Å². The first kappa shape index (κ1) is 15.9. The van der Waals surface area contributed by atoms with Gasteiger partial charge in [-0.25, -0.2) is 5.43 Å². The van der Waals surface area contributed by atoms with Crippen molar-refractivity contribution in [3.05, 3.63) is 58.6 Å². The summed E-state index contributed by atoms with van der Waals surface area (Å²) in [6.07, 6.45) is 1.43. The van der Waals surface area contributed by atoms with Crippen LogP contribution in [0.4, 0.5) is 0 Å². The van der Waals surface area contributed by atoms with Crippen molar-refractivity contribution in [2.75, 3.05) is 6.61 Å². The SMILES string of the molecule is Cc1cc(OCC(=O)N/N=C/c2cccc(O)c2)ccc1Cl. The van der Waals surface area contributed by atoms with Crippen LogP contribution >= 0.6 is 11.6 Å². The van der Waals surface area contributed by atoms with Crippen molar-refractivity contribution in [1.29, 1.82) is 0 Å². The maximum atomic E-state index is 11.6. The lowest BCUT2D eigenvalue weighted by Crippen LogP contribution is -2.24. The van der Waals surface area contributed by atoms with Crippen molar-refractivity contribution in [1.82, 2.24) is 5.43 Å². The Morgan fingerprint density at radius 3 is 2.91 bits per heavy atom. The first-order chi connectivity index (χ1) is 10.5. The van der Waals surface area contributed by atoms with Gasteiger partial charge < -0.3 is 9.84 Å². The monoisotopic (exact) mass is 318 g/mol. The Hall–Kier alpha value is -2.53. The first-order valence-corrected chi connectivity index (χ1v) is 6.92. The molecular formula is C16H15ClN2O3. The van der Waals surface area contributed by atoms with Crippen LogP contribution in [0.1, 0.15) is 11.1 Å². The number of phenolic OH excluding ortho intramolecular Hbond substituents is 1. The minimum absolute atomic E-state index is 0.136. The fourth-order valence-electron chi connectivity index (χ4n) is 1.67. The average Bonchev–Trinajstić information content (AvgIpc) is 2.48. The summed E-state index contributed by atoms with van der Waals surface area (Å²) in [5.74, 6) is 0.315. The van der Waals surface area contributed by atoms with E-state index in [1.807, 2.05) is 6.92 Å². The molecule has 0 aliphatic carbocycles. The van der Waals surface area contributed by atoms with Gasteiger partial charge in [0.25, 0.3) is 5.91 Å².